The van der Waals surface area contributed by atoms with Crippen LogP contribution in [-0.2, 0) is 19.1 Å². The maximum Gasteiger partial charge on any atom is 0.434 e. The summed E-state index contributed by atoms with van der Waals surface area (Å²) in [7, 11) is 0. The zero-order valence-electron chi connectivity index (χ0n) is 13.6. The number of amides is 1. The monoisotopic (exact) mass is 352 g/mol. The van der Waals surface area contributed by atoms with Gasteiger partial charge in [-0.05, 0) is 37.3 Å². The molecule has 1 N–H and O–H groups in total. The molecule has 1 saturated carbocycles. The molecule has 4 rings (SSSR count). The van der Waals surface area contributed by atoms with Gasteiger partial charge in [0.05, 0.1) is 0 Å². The van der Waals surface area contributed by atoms with E-state index in [1.165, 1.54) is 0 Å². The molecular weight excluding hydrogens is 333 g/mol. The van der Waals surface area contributed by atoms with Crippen molar-refractivity contribution < 1.29 is 18.0 Å². The second-order valence-corrected chi connectivity index (χ2v) is 6.84. The molecule has 0 bridgehead atoms. The van der Waals surface area contributed by atoms with Crippen LogP contribution in [0.3, 0.4) is 0 Å². The van der Waals surface area contributed by atoms with Crippen molar-refractivity contribution in [1.29, 1.82) is 0 Å². The number of aryl methyl sites for hydroxylation is 1. The molecule has 3 heterocycles. The Labute approximate surface area is 142 Å². The highest BCUT2D eigenvalue weighted by Crippen LogP contribution is 2.36. The Bertz CT molecular complexity index is 788. The maximum atomic E-state index is 12.8. The van der Waals surface area contributed by atoms with Crippen LogP contribution in [0.25, 0.3) is 0 Å². The Hall–Kier alpha value is -2.25. The molecular formula is C17H19F3N4O. The summed E-state index contributed by atoms with van der Waals surface area (Å²) in [4.78, 5) is 16.1. The first-order valence-electron chi connectivity index (χ1n) is 8.50. The number of alkyl halides is 3. The predicted molar refractivity (Wildman–Crippen MR) is 84.1 cm³/mol. The molecule has 0 radical (unpaired) electrons. The van der Waals surface area contributed by atoms with E-state index in [-0.39, 0.29) is 11.8 Å². The van der Waals surface area contributed by atoms with Crippen LogP contribution < -0.4 is 5.32 Å². The summed E-state index contributed by atoms with van der Waals surface area (Å²) in [6.45, 7) is 0.899. The normalized spacial score (nSPS) is 20.4. The first-order valence-corrected chi connectivity index (χ1v) is 8.50. The lowest BCUT2D eigenvalue weighted by Gasteiger charge is -2.24. The first-order chi connectivity index (χ1) is 11.9. The van der Waals surface area contributed by atoms with E-state index in [1.807, 2.05) is 16.8 Å². The van der Waals surface area contributed by atoms with Crippen molar-refractivity contribution in [2.75, 3.05) is 6.54 Å². The highest BCUT2D eigenvalue weighted by atomic mass is 19.4. The average Bonchev–Trinajstić information content (AvgIpc) is 3.12. The van der Waals surface area contributed by atoms with Crippen LogP contribution in [0.2, 0.25) is 0 Å². The van der Waals surface area contributed by atoms with Crippen molar-refractivity contribution in [3.63, 3.8) is 0 Å². The van der Waals surface area contributed by atoms with Gasteiger partial charge >= 0.3 is 6.18 Å². The summed E-state index contributed by atoms with van der Waals surface area (Å²) in [6, 6.07) is 4.10. The standard InChI is InChI=1S/C17H19F3N4O/c18-17(19,20)14-10-23-9-11(3-6-15(23)22-14)8-21-16(25)13-2-1-7-24(13)12-4-5-12/h1-2,7,10-12H,3-6,8-9H2,(H,21,25)/t11-/m0/s1. The summed E-state index contributed by atoms with van der Waals surface area (Å²) >= 11 is 0. The first kappa shape index (κ1) is 16.2. The van der Waals surface area contributed by atoms with E-state index >= 15 is 0 Å². The SMILES string of the molecule is O=C(NC[C@@H]1CCc2nc(C(F)(F)F)cn2C1)c1cccn1C1CC1. The van der Waals surface area contributed by atoms with Crippen molar-refractivity contribution in [1.82, 2.24) is 19.4 Å². The fraction of sp³-hybridized carbons (Fsp3) is 0.529. The number of fused-ring (bicyclic) bond motifs is 1. The third-order valence-electron chi connectivity index (χ3n) is 4.88. The summed E-state index contributed by atoms with van der Waals surface area (Å²) < 4.78 is 41.8. The second-order valence-electron chi connectivity index (χ2n) is 6.84. The van der Waals surface area contributed by atoms with Gasteiger partial charge in [0.15, 0.2) is 5.69 Å². The molecule has 8 heteroatoms. The zero-order chi connectivity index (χ0) is 17.6. The predicted octanol–water partition coefficient (Wildman–Crippen LogP) is 3.03. The lowest BCUT2D eigenvalue weighted by molar-refractivity contribution is -0.141. The molecule has 0 saturated heterocycles. The van der Waals surface area contributed by atoms with Crippen molar-refractivity contribution in [3.05, 3.63) is 41.7 Å². The van der Waals surface area contributed by atoms with E-state index in [4.69, 9.17) is 0 Å². The molecule has 5 nitrogen and oxygen atoms in total. The molecule has 0 unspecified atom stereocenters. The van der Waals surface area contributed by atoms with Gasteiger partial charge in [0.1, 0.15) is 11.5 Å². The molecule has 0 spiro atoms. The minimum Gasteiger partial charge on any atom is -0.350 e. The Morgan fingerprint density at radius 3 is 2.84 bits per heavy atom. The number of hydrogen-bond acceptors (Lipinski definition) is 2. The number of nitrogens with zero attached hydrogens (tertiary/aromatic N) is 3. The summed E-state index contributed by atoms with van der Waals surface area (Å²) in [5, 5.41) is 2.93. The van der Waals surface area contributed by atoms with E-state index in [9.17, 15) is 18.0 Å². The van der Waals surface area contributed by atoms with E-state index in [0.29, 0.717) is 37.1 Å². The van der Waals surface area contributed by atoms with Crippen molar-refractivity contribution >= 4 is 5.91 Å². The van der Waals surface area contributed by atoms with Gasteiger partial charge < -0.3 is 14.5 Å². The largest absolute Gasteiger partial charge is 0.434 e. The molecule has 2 aromatic heterocycles. The molecule has 1 amide bonds. The van der Waals surface area contributed by atoms with Crippen molar-refractivity contribution in [2.45, 2.75) is 44.4 Å². The summed E-state index contributed by atoms with van der Waals surface area (Å²) in [6.07, 6.45) is 1.99. The molecule has 2 aliphatic rings. The lowest BCUT2D eigenvalue weighted by Crippen LogP contribution is -2.34. The van der Waals surface area contributed by atoms with E-state index in [1.54, 1.807) is 10.6 Å². The number of hydrogen-bond donors (Lipinski definition) is 1. The van der Waals surface area contributed by atoms with Gasteiger partial charge in [-0.15, -0.1) is 0 Å². The molecule has 25 heavy (non-hydrogen) atoms. The van der Waals surface area contributed by atoms with Crippen LogP contribution in [0, 0.1) is 5.92 Å². The molecule has 1 aliphatic heterocycles. The number of carbonyl (C=O) groups excluding carboxylic acids is 1. The van der Waals surface area contributed by atoms with E-state index < -0.39 is 11.9 Å². The molecule has 1 fully saturated rings. The molecule has 0 aromatic carbocycles. The van der Waals surface area contributed by atoms with Crippen LogP contribution in [0.5, 0.6) is 0 Å². The smallest absolute Gasteiger partial charge is 0.350 e. The van der Waals surface area contributed by atoms with Gasteiger partial charge in [0.2, 0.25) is 0 Å². The van der Waals surface area contributed by atoms with Gasteiger partial charge in [-0.1, -0.05) is 0 Å². The Morgan fingerprint density at radius 1 is 1.32 bits per heavy atom. The van der Waals surface area contributed by atoms with Gasteiger partial charge in [0.25, 0.3) is 5.91 Å². The minimum atomic E-state index is -4.41. The fourth-order valence-corrected chi connectivity index (χ4v) is 3.40. The van der Waals surface area contributed by atoms with Gasteiger partial charge in [-0.2, -0.15) is 13.2 Å². The number of aromatic nitrogens is 3. The van der Waals surface area contributed by atoms with Crippen LogP contribution >= 0.6 is 0 Å². The molecule has 2 aromatic rings. The fourth-order valence-electron chi connectivity index (χ4n) is 3.40. The van der Waals surface area contributed by atoms with Crippen molar-refractivity contribution in [3.8, 4) is 0 Å². The van der Waals surface area contributed by atoms with Crippen LogP contribution in [0.15, 0.2) is 24.5 Å². The van der Waals surface area contributed by atoms with Crippen LogP contribution in [-0.4, -0.2) is 26.6 Å². The Balaban J connectivity index is 1.37. The molecule has 1 aliphatic carbocycles. The van der Waals surface area contributed by atoms with E-state index in [0.717, 1.165) is 25.5 Å². The number of nitrogens with one attached hydrogen (secondary N) is 1. The van der Waals surface area contributed by atoms with Gasteiger partial charge in [-0.3, -0.25) is 4.79 Å². The number of carbonyl (C=O) groups is 1. The minimum absolute atomic E-state index is 0.107. The maximum absolute atomic E-state index is 12.8. The van der Waals surface area contributed by atoms with Crippen LogP contribution in [0.1, 0.15) is 47.3 Å². The highest BCUT2D eigenvalue weighted by molar-refractivity contribution is 5.92. The Kier molecular flexibility index (Phi) is 3.85. The number of rotatable bonds is 4. The number of halogens is 3. The Morgan fingerprint density at radius 2 is 2.12 bits per heavy atom. The summed E-state index contributed by atoms with van der Waals surface area (Å²) in [5.41, 5.74) is -0.185. The third kappa shape index (κ3) is 3.29. The quantitative estimate of drug-likeness (QED) is 0.920. The van der Waals surface area contributed by atoms with E-state index in [2.05, 4.69) is 10.3 Å². The average molecular weight is 352 g/mol. The third-order valence-corrected chi connectivity index (χ3v) is 4.88. The molecule has 134 valence electrons. The zero-order valence-corrected chi connectivity index (χ0v) is 13.6. The molecule has 1 atom stereocenters. The van der Waals surface area contributed by atoms with Crippen LogP contribution in [0.4, 0.5) is 13.2 Å². The summed E-state index contributed by atoms with van der Waals surface area (Å²) in [5.74, 6) is 0.456. The second kappa shape index (κ2) is 5.93. The van der Waals surface area contributed by atoms with Gasteiger partial charge in [0, 0.05) is 37.9 Å². The lowest BCUT2D eigenvalue weighted by atomic mass is 9.99. The topological polar surface area (TPSA) is 51.9 Å². The number of imidazole rings is 1. The van der Waals surface area contributed by atoms with Gasteiger partial charge in [-0.25, -0.2) is 4.98 Å². The van der Waals surface area contributed by atoms with Crippen molar-refractivity contribution in [2.24, 2.45) is 5.92 Å². The highest BCUT2D eigenvalue weighted by Gasteiger charge is 2.35.